The molecule has 0 bridgehead atoms. The second-order valence-corrected chi connectivity index (χ2v) is 4.65. The van der Waals surface area contributed by atoms with E-state index in [0.29, 0.717) is 5.69 Å². The summed E-state index contributed by atoms with van der Waals surface area (Å²) in [4.78, 5) is 26.3. The number of pyridine rings is 1. The van der Waals surface area contributed by atoms with Crippen LogP contribution in [0.1, 0.15) is 23.3 Å². The minimum absolute atomic E-state index is 0.244. The molecule has 20 heavy (non-hydrogen) atoms. The van der Waals surface area contributed by atoms with Crippen molar-refractivity contribution in [3.05, 3.63) is 42.6 Å². The average Bonchev–Trinajstić information content (AvgIpc) is 3.03. The standard InChI is InChI=1S/C14H15N5O/c20-14(12-4-5-15-10-17-12)18-11-3-6-16-13(9-11)19-7-1-2-8-19/h3-6,9-10H,1-2,7-8H2,(H,16,18,20). The highest BCUT2D eigenvalue weighted by Crippen LogP contribution is 2.20. The monoisotopic (exact) mass is 269 g/mol. The lowest BCUT2D eigenvalue weighted by atomic mass is 10.3. The predicted octanol–water partition coefficient (Wildman–Crippen LogP) is 1.72. The highest BCUT2D eigenvalue weighted by molar-refractivity contribution is 6.02. The van der Waals surface area contributed by atoms with E-state index in [-0.39, 0.29) is 5.91 Å². The number of hydrogen-bond donors (Lipinski definition) is 1. The number of carbonyl (C=O) groups is 1. The molecule has 0 radical (unpaired) electrons. The van der Waals surface area contributed by atoms with Crippen molar-refractivity contribution >= 4 is 17.4 Å². The Morgan fingerprint density at radius 2 is 2.00 bits per heavy atom. The molecule has 2 aromatic rings. The molecule has 2 aromatic heterocycles. The van der Waals surface area contributed by atoms with E-state index >= 15 is 0 Å². The van der Waals surface area contributed by atoms with Crippen LogP contribution in [0.3, 0.4) is 0 Å². The minimum atomic E-state index is -0.244. The quantitative estimate of drug-likeness (QED) is 0.918. The Bertz CT molecular complexity index is 596. The molecule has 0 aromatic carbocycles. The van der Waals surface area contributed by atoms with Crippen LogP contribution < -0.4 is 10.2 Å². The second kappa shape index (κ2) is 5.64. The lowest BCUT2D eigenvalue weighted by Gasteiger charge is -2.16. The van der Waals surface area contributed by atoms with Crippen molar-refractivity contribution < 1.29 is 4.79 Å². The highest BCUT2D eigenvalue weighted by atomic mass is 16.1. The summed E-state index contributed by atoms with van der Waals surface area (Å²) in [6.07, 6.45) is 7.00. The second-order valence-electron chi connectivity index (χ2n) is 4.65. The fraction of sp³-hybridized carbons (Fsp3) is 0.286. The van der Waals surface area contributed by atoms with Crippen LogP contribution in [0, 0.1) is 0 Å². The van der Waals surface area contributed by atoms with Gasteiger partial charge < -0.3 is 10.2 Å². The van der Waals surface area contributed by atoms with Crippen molar-refractivity contribution in [2.45, 2.75) is 12.8 Å². The smallest absolute Gasteiger partial charge is 0.274 e. The van der Waals surface area contributed by atoms with Crippen molar-refractivity contribution in [2.24, 2.45) is 0 Å². The van der Waals surface area contributed by atoms with Crippen LogP contribution in [0.2, 0.25) is 0 Å². The number of rotatable bonds is 3. The van der Waals surface area contributed by atoms with E-state index in [9.17, 15) is 4.79 Å². The zero-order valence-electron chi connectivity index (χ0n) is 11.0. The van der Waals surface area contributed by atoms with Gasteiger partial charge in [-0.1, -0.05) is 0 Å². The van der Waals surface area contributed by atoms with Crippen molar-refractivity contribution in [3.63, 3.8) is 0 Å². The molecule has 1 aliphatic heterocycles. The van der Waals surface area contributed by atoms with E-state index in [1.54, 1.807) is 24.5 Å². The number of nitrogens with one attached hydrogen (secondary N) is 1. The molecule has 3 rings (SSSR count). The first-order valence-corrected chi connectivity index (χ1v) is 6.61. The Hall–Kier alpha value is -2.50. The summed E-state index contributed by atoms with van der Waals surface area (Å²) in [7, 11) is 0. The number of amides is 1. The van der Waals surface area contributed by atoms with E-state index in [1.807, 2.05) is 6.07 Å². The maximum absolute atomic E-state index is 12.0. The largest absolute Gasteiger partial charge is 0.357 e. The third kappa shape index (κ3) is 2.74. The van der Waals surface area contributed by atoms with Gasteiger partial charge in [-0.2, -0.15) is 0 Å². The van der Waals surface area contributed by atoms with Gasteiger partial charge in [-0.3, -0.25) is 4.79 Å². The molecule has 6 nitrogen and oxygen atoms in total. The maximum Gasteiger partial charge on any atom is 0.274 e. The number of hydrogen-bond acceptors (Lipinski definition) is 5. The molecule has 1 fully saturated rings. The molecule has 0 spiro atoms. The lowest BCUT2D eigenvalue weighted by molar-refractivity contribution is 0.102. The van der Waals surface area contributed by atoms with Crippen LogP contribution in [0.25, 0.3) is 0 Å². The van der Waals surface area contributed by atoms with Gasteiger partial charge in [-0.15, -0.1) is 0 Å². The summed E-state index contributed by atoms with van der Waals surface area (Å²) in [5, 5.41) is 2.83. The Balaban J connectivity index is 1.74. The molecular formula is C14H15N5O. The van der Waals surface area contributed by atoms with Gasteiger partial charge in [-0.25, -0.2) is 15.0 Å². The molecule has 0 saturated carbocycles. The fourth-order valence-corrected chi connectivity index (χ4v) is 2.24. The SMILES string of the molecule is O=C(Nc1ccnc(N2CCCC2)c1)c1ccncn1. The molecule has 1 aliphatic rings. The molecule has 0 aliphatic carbocycles. The molecule has 1 amide bonds. The first-order valence-electron chi connectivity index (χ1n) is 6.61. The van der Waals surface area contributed by atoms with Crippen molar-refractivity contribution in [2.75, 3.05) is 23.3 Å². The summed E-state index contributed by atoms with van der Waals surface area (Å²) in [5.74, 6) is 0.661. The topological polar surface area (TPSA) is 71.0 Å². The number of carbonyl (C=O) groups excluding carboxylic acids is 1. The van der Waals surface area contributed by atoms with Gasteiger partial charge in [0.05, 0.1) is 0 Å². The van der Waals surface area contributed by atoms with E-state index < -0.39 is 0 Å². The van der Waals surface area contributed by atoms with Crippen LogP contribution in [-0.4, -0.2) is 33.9 Å². The molecule has 1 N–H and O–H groups in total. The number of nitrogens with zero attached hydrogens (tertiary/aromatic N) is 4. The third-order valence-corrected chi connectivity index (χ3v) is 3.25. The zero-order chi connectivity index (χ0) is 13.8. The molecule has 0 unspecified atom stereocenters. The van der Waals surface area contributed by atoms with Gasteiger partial charge in [-0.05, 0) is 25.0 Å². The molecule has 1 saturated heterocycles. The van der Waals surface area contributed by atoms with Crippen LogP contribution in [0.4, 0.5) is 11.5 Å². The Morgan fingerprint density at radius 3 is 2.75 bits per heavy atom. The van der Waals surface area contributed by atoms with Crippen LogP contribution in [-0.2, 0) is 0 Å². The van der Waals surface area contributed by atoms with E-state index in [0.717, 1.165) is 24.6 Å². The Labute approximate surface area is 116 Å². The van der Waals surface area contributed by atoms with Crippen molar-refractivity contribution in [1.29, 1.82) is 0 Å². The Kier molecular flexibility index (Phi) is 3.54. The molecule has 0 atom stereocenters. The summed E-state index contributed by atoms with van der Waals surface area (Å²) < 4.78 is 0. The first-order chi connectivity index (χ1) is 9.83. The Morgan fingerprint density at radius 1 is 1.15 bits per heavy atom. The summed E-state index contributed by atoms with van der Waals surface area (Å²) in [6.45, 7) is 2.05. The molecular weight excluding hydrogens is 254 g/mol. The molecule has 3 heterocycles. The van der Waals surface area contributed by atoms with Gasteiger partial charge in [0.1, 0.15) is 17.8 Å². The van der Waals surface area contributed by atoms with Gasteiger partial charge in [0.25, 0.3) is 5.91 Å². The summed E-state index contributed by atoms with van der Waals surface area (Å²) in [6, 6.07) is 5.25. The number of aromatic nitrogens is 3. The van der Waals surface area contributed by atoms with Gasteiger partial charge in [0.2, 0.25) is 0 Å². The fourth-order valence-electron chi connectivity index (χ4n) is 2.24. The van der Waals surface area contributed by atoms with Gasteiger partial charge in [0.15, 0.2) is 0 Å². The van der Waals surface area contributed by atoms with E-state index in [2.05, 4.69) is 25.2 Å². The zero-order valence-corrected chi connectivity index (χ0v) is 11.0. The lowest BCUT2D eigenvalue weighted by Crippen LogP contribution is -2.19. The first kappa shape index (κ1) is 12.5. The van der Waals surface area contributed by atoms with Crippen LogP contribution in [0.15, 0.2) is 36.9 Å². The number of anilines is 2. The predicted molar refractivity (Wildman–Crippen MR) is 75.7 cm³/mol. The van der Waals surface area contributed by atoms with Crippen molar-refractivity contribution in [1.82, 2.24) is 15.0 Å². The molecule has 102 valence electrons. The van der Waals surface area contributed by atoms with Crippen LogP contribution >= 0.6 is 0 Å². The van der Waals surface area contributed by atoms with E-state index in [1.165, 1.54) is 19.2 Å². The highest BCUT2D eigenvalue weighted by Gasteiger charge is 2.14. The molecule has 6 heteroatoms. The summed E-state index contributed by atoms with van der Waals surface area (Å²) in [5.41, 5.74) is 1.07. The van der Waals surface area contributed by atoms with Crippen molar-refractivity contribution in [3.8, 4) is 0 Å². The normalized spacial score (nSPS) is 14.3. The van der Waals surface area contributed by atoms with E-state index in [4.69, 9.17) is 0 Å². The van der Waals surface area contributed by atoms with Crippen LogP contribution in [0.5, 0.6) is 0 Å². The van der Waals surface area contributed by atoms with Gasteiger partial charge >= 0.3 is 0 Å². The maximum atomic E-state index is 12.0. The third-order valence-electron chi connectivity index (χ3n) is 3.25. The van der Waals surface area contributed by atoms with Gasteiger partial charge in [0, 0.05) is 37.2 Å². The summed E-state index contributed by atoms with van der Waals surface area (Å²) >= 11 is 0. The minimum Gasteiger partial charge on any atom is -0.357 e. The average molecular weight is 269 g/mol.